The molecule has 2 aromatic rings. The molecule has 2 rings (SSSR count). The average molecular weight is 288 g/mol. The fraction of sp³-hybridized carbons (Fsp3) is 0.0667. The zero-order valence-electron chi connectivity index (χ0n) is 10.8. The van der Waals surface area contributed by atoms with Crippen molar-refractivity contribution in [1.82, 2.24) is 0 Å². The number of rotatable bonds is 4. The Morgan fingerprint density at radius 3 is 2.45 bits per heavy atom. The summed E-state index contributed by atoms with van der Waals surface area (Å²) in [5.41, 5.74) is 5.37. The number of anilines is 1. The molecule has 0 bridgehead atoms. The average Bonchev–Trinajstić information content (AvgIpc) is 2.45. The van der Waals surface area contributed by atoms with Gasteiger partial charge in [-0.2, -0.15) is 5.10 Å². The second-order valence-electron chi connectivity index (χ2n) is 4.18. The smallest absolute Gasteiger partial charge is 0.0715 e. The number of nitrogens with one attached hydrogen (secondary N) is 1. The van der Waals surface area contributed by atoms with Crippen molar-refractivity contribution in [2.75, 3.05) is 5.43 Å². The van der Waals surface area contributed by atoms with E-state index in [0.29, 0.717) is 10.7 Å². The minimum Gasteiger partial charge on any atom is -0.545 e. The molecule has 0 aromatic heterocycles. The van der Waals surface area contributed by atoms with Crippen LogP contribution in [0.4, 0.5) is 5.69 Å². The summed E-state index contributed by atoms with van der Waals surface area (Å²) in [7, 11) is 0. The summed E-state index contributed by atoms with van der Waals surface area (Å²) < 4.78 is 0. The van der Waals surface area contributed by atoms with Crippen LogP contribution in [-0.4, -0.2) is 11.7 Å². The molecule has 0 spiro atoms. The van der Waals surface area contributed by atoms with Crippen LogP contribution in [0.2, 0.25) is 5.02 Å². The van der Waals surface area contributed by atoms with Gasteiger partial charge in [-0.25, -0.2) is 0 Å². The van der Waals surface area contributed by atoms with Crippen molar-refractivity contribution < 1.29 is 9.90 Å². The lowest BCUT2D eigenvalue weighted by Gasteiger charge is -2.06. The van der Waals surface area contributed by atoms with Gasteiger partial charge in [0.15, 0.2) is 0 Å². The van der Waals surface area contributed by atoms with Crippen molar-refractivity contribution in [1.29, 1.82) is 0 Å². The van der Waals surface area contributed by atoms with E-state index in [9.17, 15) is 9.90 Å². The van der Waals surface area contributed by atoms with Crippen molar-refractivity contribution in [3.8, 4) is 0 Å². The van der Waals surface area contributed by atoms with E-state index in [1.165, 1.54) is 12.1 Å². The molecule has 102 valence electrons. The highest BCUT2D eigenvalue weighted by Gasteiger charge is 1.99. The molecular formula is C15H12ClN2O2-. The standard InChI is InChI=1S/C15H13ClN2O2/c1-10(12-3-2-4-13(16)9-12)17-18-14-7-5-11(6-8-14)15(19)20/h2-9,18H,1H3,(H,19,20)/p-1/b17-10-. The Hall–Kier alpha value is -2.33. The Morgan fingerprint density at radius 1 is 1.15 bits per heavy atom. The van der Waals surface area contributed by atoms with Gasteiger partial charge in [-0.1, -0.05) is 35.9 Å². The summed E-state index contributed by atoms with van der Waals surface area (Å²) in [6, 6.07) is 13.5. The number of hydrogen-bond donors (Lipinski definition) is 1. The normalized spacial score (nSPS) is 11.2. The third kappa shape index (κ3) is 3.59. The molecule has 0 aliphatic heterocycles. The Balaban J connectivity index is 2.10. The van der Waals surface area contributed by atoms with Crippen LogP contribution in [0.15, 0.2) is 53.6 Å². The van der Waals surface area contributed by atoms with Gasteiger partial charge in [0.2, 0.25) is 0 Å². The van der Waals surface area contributed by atoms with Crippen LogP contribution in [0.25, 0.3) is 0 Å². The summed E-state index contributed by atoms with van der Waals surface area (Å²) >= 11 is 5.92. The molecule has 1 N–H and O–H groups in total. The number of benzene rings is 2. The Morgan fingerprint density at radius 2 is 1.85 bits per heavy atom. The zero-order chi connectivity index (χ0) is 14.5. The number of hydrazone groups is 1. The molecular weight excluding hydrogens is 276 g/mol. The van der Waals surface area contributed by atoms with Crippen molar-refractivity contribution in [2.45, 2.75) is 6.92 Å². The zero-order valence-corrected chi connectivity index (χ0v) is 11.5. The summed E-state index contributed by atoms with van der Waals surface area (Å²) in [6.45, 7) is 1.86. The minimum absolute atomic E-state index is 0.131. The fourth-order valence-corrected chi connectivity index (χ4v) is 1.80. The lowest BCUT2D eigenvalue weighted by molar-refractivity contribution is -0.255. The molecule has 0 saturated carbocycles. The SMILES string of the molecule is C/C(=N/Nc1ccc(C(=O)[O-])cc1)c1cccc(Cl)c1. The maximum absolute atomic E-state index is 10.6. The van der Waals surface area contributed by atoms with Crippen LogP contribution >= 0.6 is 11.6 Å². The predicted octanol–water partition coefficient (Wildman–Crippen LogP) is 2.54. The van der Waals surface area contributed by atoms with Gasteiger partial charge in [-0.3, -0.25) is 5.43 Å². The lowest BCUT2D eigenvalue weighted by atomic mass is 10.1. The highest BCUT2D eigenvalue weighted by molar-refractivity contribution is 6.31. The second-order valence-corrected chi connectivity index (χ2v) is 4.62. The van der Waals surface area contributed by atoms with Gasteiger partial charge in [0.05, 0.1) is 17.4 Å². The Labute approximate surface area is 121 Å². The second kappa shape index (κ2) is 6.21. The minimum atomic E-state index is -1.20. The number of carbonyl (C=O) groups is 1. The number of carboxylic acids is 1. The summed E-state index contributed by atoms with van der Waals surface area (Å²) in [5.74, 6) is -1.20. The highest BCUT2D eigenvalue weighted by Crippen LogP contribution is 2.13. The molecule has 0 heterocycles. The summed E-state index contributed by atoms with van der Waals surface area (Å²) in [4.78, 5) is 10.6. The fourth-order valence-electron chi connectivity index (χ4n) is 1.61. The predicted molar refractivity (Wildman–Crippen MR) is 78.1 cm³/mol. The molecule has 0 radical (unpaired) electrons. The first-order valence-electron chi connectivity index (χ1n) is 5.94. The number of hydrogen-bond acceptors (Lipinski definition) is 4. The topological polar surface area (TPSA) is 64.5 Å². The van der Waals surface area contributed by atoms with E-state index in [1.807, 2.05) is 25.1 Å². The van der Waals surface area contributed by atoms with E-state index < -0.39 is 5.97 Å². The summed E-state index contributed by atoms with van der Waals surface area (Å²) in [5, 5.41) is 15.5. The van der Waals surface area contributed by atoms with Gasteiger partial charge in [0, 0.05) is 5.02 Å². The van der Waals surface area contributed by atoms with Crippen molar-refractivity contribution in [3.63, 3.8) is 0 Å². The first kappa shape index (κ1) is 14.1. The van der Waals surface area contributed by atoms with E-state index in [-0.39, 0.29) is 5.56 Å². The molecule has 4 nitrogen and oxygen atoms in total. The maximum Gasteiger partial charge on any atom is 0.0715 e. The van der Waals surface area contributed by atoms with Crippen LogP contribution in [0.5, 0.6) is 0 Å². The van der Waals surface area contributed by atoms with Gasteiger partial charge in [0.1, 0.15) is 0 Å². The molecule has 5 heteroatoms. The first-order valence-corrected chi connectivity index (χ1v) is 6.32. The maximum atomic E-state index is 10.6. The molecule has 2 aromatic carbocycles. The Bertz CT molecular complexity index is 651. The number of carboxylic acid groups (broad SMARTS) is 1. The Kier molecular flexibility index (Phi) is 4.38. The first-order chi connectivity index (χ1) is 9.56. The van der Waals surface area contributed by atoms with Crippen LogP contribution in [0.3, 0.4) is 0 Å². The lowest BCUT2D eigenvalue weighted by Crippen LogP contribution is -2.21. The van der Waals surface area contributed by atoms with Crippen LogP contribution in [-0.2, 0) is 0 Å². The molecule has 0 fully saturated rings. The van der Waals surface area contributed by atoms with Gasteiger partial charge in [-0.05, 0) is 42.3 Å². The van der Waals surface area contributed by atoms with Crippen molar-refractivity contribution in [3.05, 3.63) is 64.7 Å². The van der Waals surface area contributed by atoms with Gasteiger partial charge < -0.3 is 9.90 Å². The van der Waals surface area contributed by atoms with Gasteiger partial charge in [0.25, 0.3) is 0 Å². The number of halogens is 1. The van der Waals surface area contributed by atoms with E-state index in [2.05, 4.69) is 10.5 Å². The van der Waals surface area contributed by atoms with E-state index in [0.717, 1.165) is 11.3 Å². The molecule has 0 amide bonds. The monoisotopic (exact) mass is 287 g/mol. The molecule has 0 aliphatic carbocycles. The van der Waals surface area contributed by atoms with Crippen LogP contribution < -0.4 is 10.5 Å². The van der Waals surface area contributed by atoms with Gasteiger partial charge in [-0.15, -0.1) is 0 Å². The molecule has 0 aliphatic rings. The van der Waals surface area contributed by atoms with Crippen molar-refractivity contribution >= 4 is 29.0 Å². The number of carbonyl (C=O) groups excluding carboxylic acids is 1. The number of aromatic carboxylic acids is 1. The van der Waals surface area contributed by atoms with Crippen LogP contribution in [0.1, 0.15) is 22.8 Å². The van der Waals surface area contributed by atoms with Gasteiger partial charge >= 0.3 is 0 Å². The quantitative estimate of drug-likeness (QED) is 0.694. The molecule has 20 heavy (non-hydrogen) atoms. The molecule has 0 unspecified atom stereocenters. The third-order valence-corrected chi connectivity index (χ3v) is 2.95. The van der Waals surface area contributed by atoms with E-state index >= 15 is 0 Å². The van der Waals surface area contributed by atoms with Crippen LogP contribution in [0, 0.1) is 0 Å². The van der Waals surface area contributed by atoms with Crippen molar-refractivity contribution in [2.24, 2.45) is 5.10 Å². The largest absolute Gasteiger partial charge is 0.545 e. The van der Waals surface area contributed by atoms with E-state index in [1.54, 1.807) is 18.2 Å². The van der Waals surface area contributed by atoms with E-state index in [4.69, 9.17) is 11.6 Å². The summed E-state index contributed by atoms with van der Waals surface area (Å²) in [6.07, 6.45) is 0. The number of nitrogens with zero attached hydrogens (tertiary/aromatic N) is 1. The third-order valence-electron chi connectivity index (χ3n) is 2.72. The highest BCUT2D eigenvalue weighted by atomic mass is 35.5. The molecule has 0 saturated heterocycles. The molecule has 0 atom stereocenters.